The molecule has 1 saturated carbocycles. The lowest BCUT2D eigenvalue weighted by Gasteiger charge is -2.17. The van der Waals surface area contributed by atoms with Gasteiger partial charge in [-0.25, -0.2) is 4.98 Å². The Labute approximate surface area is 121 Å². The Kier molecular flexibility index (Phi) is 4.90. The SMILES string of the molecule is CCCc1nc(N(C)CC(F)(F)F)sc1CNC1CC1. The molecular formula is C13H20F3N3S. The minimum Gasteiger partial charge on any atom is -0.342 e. The van der Waals surface area contributed by atoms with Crippen LogP contribution in [0.5, 0.6) is 0 Å². The quantitative estimate of drug-likeness (QED) is 0.837. The van der Waals surface area contributed by atoms with E-state index in [2.05, 4.69) is 17.2 Å². The van der Waals surface area contributed by atoms with Crippen LogP contribution in [0.3, 0.4) is 0 Å². The summed E-state index contributed by atoms with van der Waals surface area (Å²) in [6.07, 6.45) is -0.0378. The van der Waals surface area contributed by atoms with Gasteiger partial charge >= 0.3 is 6.18 Å². The number of anilines is 1. The maximum absolute atomic E-state index is 12.4. The number of aromatic nitrogens is 1. The first kappa shape index (κ1) is 15.6. The number of nitrogens with one attached hydrogen (secondary N) is 1. The molecule has 0 saturated heterocycles. The standard InChI is InChI=1S/C13H20F3N3S/c1-3-4-10-11(7-17-9-5-6-9)20-12(18-10)19(2)8-13(14,15)16/h9,17H,3-8H2,1-2H3. The normalized spacial score (nSPS) is 15.7. The van der Waals surface area contributed by atoms with Crippen molar-refractivity contribution in [3.05, 3.63) is 10.6 Å². The maximum Gasteiger partial charge on any atom is 0.405 e. The molecule has 1 aromatic heterocycles. The largest absolute Gasteiger partial charge is 0.405 e. The highest BCUT2D eigenvalue weighted by molar-refractivity contribution is 7.15. The van der Waals surface area contributed by atoms with Crippen molar-refractivity contribution in [3.8, 4) is 0 Å². The Hall–Kier alpha value is -0.820. The van der Waals surface area contributed by atoms with Crippen molar-refractivity contribution in [2.45, 2.75) is 51.4 Å². The van der Waals surface area contributed by atoms with Gasteiger partial charge in [0, 0.05) is 24.5 Å². The van der Waals surface area contributed by atoms with Crippen LogP contribution in [0.15, 0.2) is 0 Å². The van der Waals surface area contributed by atoms with E-state index in [4.69, 9.17) is 0 Å². The first-order valence-corrected chi connectivity index (χ1v) is 7.70. The monoisotopic (exact) mass is 307 g/mol. The van der Waals surface area contributed by atoms with E-state index in [1.807, 2.05) is 0 Å². The Morgan fingerprint density at radius 3 is 2.65 bits per heavy atom. The Morgan fingerprint density at radius 1 is 1.40 bits per heavy atom. The van der Waals surface area contributed by atoms with Crippen LogP contribution in [0.25, 0.3) is 0 Å². The van der Waals surface area contributed by atoms with Gasteiger partial charge in [-0.2, -0.15) is 13.2 Å². The minimum absolute atomic E-state index is 0.457. The van der Waals surface area contributed by atoms with Gasteiger partial charge < -0.3 is 10.2 Å². The van der Waals surface area contributed by atoms with Crippen molar-refractivity contribution < 1.29 is 13.2 Å². The van der Waals surface area contributed by atoms with Crippen LogP contribution in [-0.2, 0) is 13.0 Å². The topological polar surface area (TPSA) is 28.2 Å². The van der Waals surface area contributed by atoms with Gasteiger partial charge in [0.15, 0.2) is 5.13 Å². The molecule has 20 heavy (non-hydrogen) atoms. The van der Waals surface area contributed by atoms with Gasteiger partial charge in [0.05, 0.1) is 5.69 Å². The zero-order chi connectivity index (χ0) is 14.8. The molecule has 0 spiro atoms. The van der Waals surface area contributed by atoms with Crippen LogP contribution in [-0.4, -0.2) is 30.8 Å². The first-order valence-electron chi connectivity index (χ1n) is 6.89. The summed E-state index contributed by atoms with van der Waals surface area (Å²) in [7, 11) is 1.44. The number of rotatable bonds is 7. The molecule has 0 atom stereocenters. The summed E-state index contributed by atoms with van der Waals surface area (Å²) in [6.45, 7) is 1.82. The first-order chi connectivity index (χ1) is 9.39. The van der Waals surface area contributed by atoms with Crippen molar-refractivity contribution >= 4 is 16.5 Å². The second kappa shape index (κ2) is 6.30. The molecule has 0 radical (unpaired) electrons. The maximum atomic E-state index is 12.4. The molecule has 7 heteroatoms. The third-order valence-electron chi connectivity index (χ3n) is 3.13. The number of thiazole rings is 1. The summed E-state index contributed by atoms with van der Waals surface area (Å²) in [4.78, 5) is 6.64. The summed E-state index contributed by atoms with van der Waals surface area (Å²) in [5.41, 5.74) is 0.940. The highest BCUT2D eigenvalue weighted by Crippen LogP contribution is 2.30. The second-order valence-electron chi connectivity index (χ2n) is 5.24. The van der Waals surface area contributed by atoms with E-state index < -0.39 is 12.7 Å². The average Bonchev–Trinajstić information content (AvgIpc) is 3.07. The van der Waals surface area contributed by atoms with E-state index in [1.54, 1.807) is 0 Å². The van der Waals surface area contributed by atoms with Crippen LogP contribution < -0.4 is 10.2 Å². The van der Waals surface area contributed by atoms with Crippen LogP contribution in [0.4, 0.5) is 18.3 Å². The summed E-state index contributed by atoms with van der Waals surface area (Å²) >= 11 is 1.37. The molecule has 0 aliphatic heterocycles. The lowest BCUT2D eigenvalue weighted by molar-refractivity contribution is -0.119. The van der Waals surface area contributed by atoms with Crippen LogP contribution in [0, 0.1) is 0 Å². The Balaban J connectivity index is 2.05. The number of hydrogen-bond donors (Lipinski definition) is 1. The van der Waals surface area contributed by atoms with Crippen molar-refractivity contribution in [2.24, 2.45) is 0 Å². The highest BCUT2D eigenvalue weighted by atomic mass is 32.1. The summed E-state index contributed by atoms with van der Waals surface area (Å²) in [5, 5.41) is 3.86. The third-order valence-corrected chi connectivity index (χ3v) is 4.34. The van der Waals surface area contributed by atoms with Gasteiger partial charge in [0.25, 0.3) is 0 Å². The van der Waals surface area contributed by atoms with Crippen molar-refractivity contribution in [1.82, 2.24) is 10.3 Å². The summed E-state index contributed by atoms with van der Waals surface area (Å²) < 4.78 is 37.3. The predicted octanol–water partition coefficient (Wildman–Crippen LogP) is 3.35. The zero-order valence-electron chi connectivity index (χ0n) is 11.8. The second-order valence-corrected chi connectivity index (χ2v) is 6.30. The molecule has 1 aliphatic rings. The Morgan fingerprint density at radius 2 is 2.10 bits per heavy atom. The van der Waals surface area contributed by atoms with Gasteiger partial charge in [-0.3, -0.25) is 0 Å². The van der Waals surface area contributed by atoms with Crippen molar-refractivity contribution in [2.75, 3.05) is 18.5 Å². The smallest absolute Gasteiger partial charge is 0.342 e. The molecule has 114 valence electrons. The van der Waals surface area contributed by atoms with Crippen LogP contribution >= 0.6 is 11.3 Å². The minimum atomic E-state index is -4.20. The molecular weight excluding hydrogens is 287 g/mol. The molecule has 1 N–H and O–H groups in total. The van der Waals surface area contributed by atoms with Gasteiger partial charge in [-0.05, 0) is 19.3 Å². The highest BCUT2D eigenvalue weighted by Gasteiger charge is 2.31. The van der Waals surface area contributed by atoms with E-state index in [0.29, 0.717) is 11.2 Å². The number of hydrogen-bond acceptors (Lipinski definition) is 4. The fourth-order valence-corrected chi connectivity index (χ4v) is 2.98. The van der Waals surface area contributed by atoms with Gasteiger partial charge in [0.2, 0.25) is 0 Å². The third kappa shape index (κ3) is 4.63. The zero-order valence-corrected chi connectivity index (χ0v) is 12.6. The molecule has 0 amide bonds. The van der Waals surface area contributed by atoms with Crippen molar-refractivity contribution in [1.29, 1.82) is 0 Å². The van der Waals surface area contributed by atoms with E-state index >= 15 is 0 Å². The fourth-order valence-electron chi connectivity index (χ4n) is 1.96. The molecule has 1 aromatic rings. The van der Waals surface area contributed by atoms with E-state index in [9.17, 15) is 13.2 Å². The fraction of sp³-hybridized carbons (Fsp3) is 0.769. The predicted molar refractivity (Wildman–Crippen MR) is 75.3 cm³/mol. The van der Waals surface area contributed by atoms with Crippen molar-refractivity contribution in [3.63, 3.8) is 0 Å². The van der Waals surface area contributed by atoms with Crippen LogP contribution in [0.1, 0.15) is 36.8 Å². The Bertz CT molecular complexity index is 441. The van der Waals surface area contributed by atoms with E-state index in [0.717, 1.165) is 30.0 Å². The summed E-state index contributed by atoms with van der Waals surface area (Å²) in [5.74, 6) is 0. The molecule has 3 nitrogen and oxygen atoms in total. The molecule has 1 heterocycles. The van der Waals surface area contributed by atoms with Gasteiger partial charge in [0.1, 0.15) is 6.54 Å². The van der Waals surface area contributed by atoms with E-state index in [-0.39, 0.29) is 0 Å². The average molecular weight is 307 g/mol. The number of alkyl halides is 3. The number of halogens is 3. The van der Waals surface area contributed by atoms with Gasteiger partial charge in [-0.1, -0.05) is 13.3 Å². The van der Waals surface area contributed by atoms with Gasteiger partial charge in [-0.15, -0.1) is 11.3 Å². The number of nitrogens with zero attached hydrogens (tertiary/aromatic N) is 2. The molecule has 0 bridgehead atoms. The molecule has 1 fully saturated rings. The lowest BCUT2D eigenvalue weighted by Crippen LogP contribution is -2.30. The molecule has 2 rings (SSSR count). The molecule has 0 unspecified atom stereocenters. The summed E-state index contributed by atoms with van der Waals surface area (Å²) in [6, 6.07) is 0.586. The number of aryl methyl sites for hydroxylation is 1. The molecule has 0 aromatic carbocycles. The van der Waals surface area contributed by atoms with Crippen LogP contribution in [0.2, 0.25) is 0 Å². The lowest BCUT2D eigenvalue weighted by atomic mass is 10.2. The molecule has 1 aliphatic carbocycles. The van der Waals surface area contributed by atoms with E-state index in [1.165, 1.54) is 36.1 Å².